The van der Waals surface area contributed by atoms with E-state index in [0.29, 0.717) is 12.8 Å². The van der Waals surface area contributed by atoms with Gasteiger partial charge in [-0.25, -0.2) is 0 Å². The van der Waals surface area contributed by atoms with E-state index < -0.39 is 6.10 Å². The maximum absolute atomic E-state index is 12.3. The highest BCUT2D eigenvalue weighted by molar-refractivity contribution is 5.70. The molecule has 372 valence electrons. The summed E-state index contributed by atoms with van der Waals surface area (Å²) in [5.74, 6) is -0.618. The van der Waals surface area contributed by atoms with Crippen molar-refractivity contribution in [3.63, 3.8) is 0 Å². The van der Waals surface area contributed by atoms with E-state index >= 15 is 0 Å². The van der Waals surface area contributed by atoms with Crippen LogP contribution in [-0.4, -0.2) is 36.4 Å². The molecule has 1 unspecified atom stereocenters. The van der Waals surface area contributed by atoms with Gasteiger partial charge in [0.25, 0.3) is 0 Å². The van der Waals surface area contributed by atoms with Gasteiger partial charge in [0.2, 0.25) is 0 Å². The number of aliphatic hydroxyl groups is 1. The fourth-order valence-corrected chi connectivity index (χ4v) is 6.93. The van der Waals surface area contributed by atoms with Gasteiger partial charge in [-0.05, 0) is 116 Å². The highest BCUT2D eigenvalue weighted by Gasteiger charge is 2.16. The van der Waals surface area contributed by atoms with E-state index in [1.807, 2.05) is 0 Å². The maximum atomic E-state index is 12.3. The van der Waals surface area contributed by atoms with E-state index in [1.54, 1.807) is 0 Å². The van der Waals surface area contributed by atoms with Crippen LogP contribution in [0.3, 0.4) is 0 Å². The average molecular weight is 911 g/mol. The molecule has 0 spiro atoms. The van der Waals surface area contributed by atoms with Crippen LogP contribution in [0.1, 0.15) is 219 Å². The Morgan fingerprint density at radius 2 is 0.652 bits per heavy atom. The van der Waals surface area contributed by atoms with Gasteiger partial charge in [0.15, 0.2) is 6.10 Å². The van der Waals surface area contributed by atoms with E-state index in [2.05, 4.69) is 148 Å². The Hall–Kier alpha value is -3.96. The van der Waals surface area contributed by atoms with Crippen LogP contribution in [0.4, 0.5) is 0 Å². The van der Waals surface area contributed by atoms with Crippen LogP contribution < -0.4 is 0 Å². The minimum Gasteiger partial charge on any atom is -0.462 e. The molecule has 0 aromatic heterocycles. The SMILES string of the molecule is CC/C=C\C/C=C\C/C=C\C/C=C\C/C=C\C/C=C\C/C=C\C/C=C\C/C=C\C/C=C\CCCCCCCCCCC(=O)OC(CO)COC(=O)CCCCCCC/C=C\CCCCCC. The van der Waals surface area contributed by atoms with Crippen LogP contribution in [0.15, 0.2) is 134 Å². The summed E-state index contributed by atoms with van der Waals surface area (Å²) in [6.45, 7) is 3.98. The smallest absolute Gasteiger partial charge is 0.306 e. The number of unbranched alkanes of at least 4 members (excludes halogenated alkanes) is 17. The first-order valence-corrected chi connectivity index (χ1v) is 26.7. The van der Waals surface area contributed by atoms with Crippen molar-refractivity contribution in [2.24, 2.45) is 0 Å². The second-order valence-corrected chi connectivity index (χ2v) is 17.2. The maximum Gasteiger partial charge on any atom is 0.306 e. The van der Waals surface area contributed by atoms with Crippen molar-refractivity contribution in [1.29, 1.82) is 0 Å². The van der Waals surface area contributed by atoms with Gasteiger partial charge >= 0.3 is 11.9 Å². The molecule has 0 aliphatic rings. The molecule has 0 aliphatic heterocycles. The van der Waals surface area contributed by atoms with Gasteiger partial charge < -0.3 is 14.6 Å². The molecule has 0 saturated carbocycles. The van der Waals surface area contributed by atoms with Crippen molar-refractivity contribution in [3.8, 4) is 0 Å². The number of carbonyl (C=O) groups is 2. The van der Waals surface area contributed by atoms with Gasteiger partial charge in [0, 0.05) is 12.8 Å². The Morgan fingerprint density at radius 1 is 0.364 bits per heavy atom. The van der Waals surface area contributed by atoms with Crippen LogP contribution in [0.2, 0.25) is 0 Å². The summed E-state index contributed by atoms with van der Waals surface area (Å²) in [6.07, 6.45) is 82.7. The fraction of sp³-hybridized carbons (Fsp3) is 0.607. The van der Waals surface area contributed by atoms with E-state index in [4.69, 9.17) is 9.47 Å². The number of allylic oxidation sites excluding steroid dienone is 22. The first kappa shape index (κ1) is 62.0. The zero-order valence-corrected chi connectivity index (χ0v) is 42.4. The number of esters is 2. The monoisotopic (exact) mass is 911 g/mol. The first-order valence-electron chi connectivity index (χ1n) is 26.7. The molecular formula is C61H98O5. The summed E-state index contributed by atoms with van der Waals surface area (Å²) in [4.78, 5) is 24.4. The molecule has 0 amide bonds. The van der Waals surface area contributed by atoms with Gasteiger partial charge in [-0.3, -0.25) is 9.59 Å². The van der Waals surface area contributed by atoms with E-state index in [0.717, 1.165) is 116 Å². The quantitative estimate of drug-likeness (QED) is 0.0374. The number of hydrogen-bond acceptors (Lipinski definition) is 5. The van der Waals surface area contributed by atoms with Crippen molar-refractivity contribution in [3.05, 3.63) is 134 Å². The molecule has 66 heavy (non-hydrogen) atoms. The predicted molar refractivity (Wildman–Crippen MR) is 288 cm³/mol. The third-order valence-electron chi connectivity index (χ3n) is 10.9. The molecule has 1 atom stereocenters. The molecule has 0 rings (SSSR count). The van der Waals surface area contributed by atoms with E-state index in [-0.39, 0.29) is 25.2 Å². The highest BCUT2D eigenvalue weighted by Crippen LogP contribution is 2.13. The number of hydrogen-bond donors (Lipinski definition) is 1. The van der Waals surface area contributed by atoms with Crippen LogP contribution in [0.25, 0.3) is 0 Å². The topological polar surface area (TPSA) is 72.8 Å². The molecule has 5 heteroatoms. The van der Waals surface area contributed by atoms with Gasteiger partial charge in [-0.1, -0.05) is 225 Å². The summed E-state index contributed by atoms with van der Waals surface area (Å²) >= 11 is 0. The van der Waals surface area contributed by atoms with Crippen LogP contribution in [0, 0.1) is 0 Å². The van der Waals surface area contributed by atoms with Crippen molar-refractivity contribution in [2.45, 2.75) is 225 Å². The fourth-order valence-electron chi connectivity index (χ4n) is 6.93. The molecule has 0 fully saturated rings. The third-order valence-corrected chi connectivity index (χ3v) is 10.9. The lowest BCUT2D eigenvalue weighted by atomic mass is 10.1. The van der Waals surface area contributed by atoms with Gasteiger partial charge in [-0.15, -0.1) is 0 Å². The summed E-state index contributed by atoms with van der Waals surface area (Å²) in [5, 5.41) is 9.61. The lowest BCUT2D eigenvalue weighted by Crippen LogP contribution is -2.28. The zero-order chi connectivity index (χ0) is 47.7. The third kappa shape index (κ3) is 52.7. The van der Waals surface area contributed by atoms with Gasteiger partial charge in [0.05, 0.1) is 6.61 Å². The molecular weight excluding hydrogens is 813 g/mol. The minimum absolute atomic E-state index is 0.0801. The second kappa shape index (κ2) is 55.4. The first-order chi connectivity index (χ1) is 32.6. The summed E-state index contributed by atoms with van der Waals surface area (Å²) < 4.78 is 10.6. The molecule has 0 saturated heterocycles. The summed E-state index contributed by atoms with van der Waals surface area (Å²) in [7, 11) is 0. The van der Waals surface area contributed by atoms with E-state index in [9.17, 15) is 14.7 Å². The Bertz CT molecular complexity index is 1400. The van der Waals surface area contributed by atoms with Crippen LogP contribution in [-0.2, 0) is 19.1 Å². The number of aliphatic hydroxyl groups excluding tert-OH is 1. The van der Waals surface area contributed by atoms with E-state index in [1.165, 1.54) is 77.0 Å². The predicted octanol–water partition coefficient (Wildman–Crippen LogP) is 18.1. The minimum atomic E-state index is -0.787. The molecule has 0 radical (unpaired) electrons. The summed E-state index contributed by atoms with van der Waals surface area (Å²) in [6, 6.07) is 0. The summed E-state index contributed by atoms with van der Waals surface area (Å²) in [5.41, 5.74) is 0. The molecule has 0 aromatic carbocycles. The van der Waals surface area contributed by atoms with Crippen molar-refractivity contribution >= 4 is 11.9 Å². The lowest BCUT2D eigenvalue weighted by molar-refractivity contribution is -0.161. The van der Waals surface area contributed by atoms with Gasteiger partial charge in [-0.2, -0.15) is 0 Å². The molecule has 1 N–H and O–H groups in total. The Kier molecular flexibility index (Phi) is 52.0. The van der Waals surface area contributed by atoms with Crippen molar-refractivity contribution in [2.75, 3.05) is 13.2 Å². The number of rotatable bonds is 47. The largest absolute Gasteiger partial charge is 0.462 e. The number of carbonyl (C=O) groups excluding carboxylic acids is 2. The van der Waals surface area contributed by atoms with Gasteiger partial charge in [0.1, 0.15) is 6.61 Å². The Balaban J connectivity index is 3.62. The molecule has 5 nitrogen and oxygen atoms in total. The average Bonchev–Trinajstić information content (AvgIpc) is 3.32. The molecule has 0 aromatic rings. The standard InChI is InChI=1S/C61H98O5/c1-3-5-7-9-11-13-15-17-18-19-20-21-22-23-24-25-26-27-28-29-30-31-32-33-34-35-36-37-38-39-40-41-42-44-46-48-50-52-54-56-61(64)66-59(57-62)58-65-60(63)55-53-51-49-47-45-43-16-14-12-10-8-6-4-2/h5,7,11,13-14,16-18,20-21,23-24,26-27,29-30,32-33,35-36,38-39,59,62H,3-4,6,8-10,12,15,19,22,25,28,31,34,37,40-58H2,1-2H3/b7-5-,13-11-,16-14-,18-17-,21-20-,24-23-,27-26-,30-29-,33-32-,36-35-,39-38-. The normalized spacial score (nSPS) is 13.3. The highest BCUT2D eigenvalue weighted by atomic mass is 16.6. The Labute approximate surface area is 406 Å². The molecule has 0 heterocycles. The molecule has 0 aliphatic carbocycles. The van der Waals surface area contributed by atoms with Crippen LogP contribution in [0.5, 0.6) is 0 Å². The Morgan fingerprint density at radius 3 is 1.00 bits per heavy atom. The number of ether oxygens (including phenoxy) is 2. The van der Waals surface area contributed by atoms with Crippen LogP contribution >= 0.6 is 0 Å². The second-order valence-electron chi connectivity index (χ2n) is 17.2. The van der Waals surface area contributed by atoms with Crippen molar-refractivity contribution in [1.82, 2.24) is 0 Å². The lowest BCUT2D eigenvalue weighted by Gasteiger charge is -2.15. The molecule has 0 bridgehead atoms. The zero-order valence-electron chi connectivity index (χ0n) is 42.4. The van der Waals surface area contributed by atoms with Crippen molar-refractivity contribution < 1.29 is 24.2 Å².